The molecule has 1 atom stereocenters. The van der Waals surface area contributed by atoms with Gasteiger partial charge in [-0.25, -0.2) is 0 Å². The zero-order valence-electron chi connectivity index (χ0n) is 14.8. The van der Waals surface area contributed by atoms with Crippen molar-refractivity contribution in [3.8, 4) is 11.3 Å². The van der Waals surface area contributed by atoms with E-state index in [0.29, 0.717) is 18.3 Å². The minimum absolute atomic E-state index is 0.0374. The van der Waals surface area contributed by atoms with Crippen molar-refractivity contribution in [2.75, 3.05) is 13.2 Å². The number of nitrogens with zero attached hydrogens (tertiary/aromatic N) is 4. The molecule has 2 aliphatic heterocycles. The Morgan fingerprint density at radius 2 is 2.15 bits per heavy atom. The number of nitrogens with one attached hydrogen (secondary N) is 1. The third-order valence-corrected chi connectivity index (χ3v) is 5.44. The first-order chi connectivity index (χ1) is 13.3. The lowest BCUT2D eigenvalue weighted by Crippen LogP contribution is -2.30. The number of rotatable bonds is 4. The summed E-state index contributed by atoms with van der Waals surface area (Å²) in [5, 5.41) is 12.6. The van der Waals surface area contributed by atoms with Crippen LogP contribution in [0.5, 0.6) is 0 Å². The Bertz CT molecular complexity index is 930. The lowest BCUT2D eigenvalue weighted by Gasteiger charge is -2.25. The van der Waals surface area contributed by atoms with Gasteiger partial charge in [0.2, 0.25) is 0 Å². The van der Waals surface area contributed by atoms with Crippen LogP contribution in [0.25, 0.3) is 11.3 Å². The van der Waals surface area contributed by atoms with Crippen LogP contribution in [0.4, 0.5) is 0 Å². The van der Waals surface area contributed by atoms with Gasteiger partial charge in [0.15, 0.2) is 5.82 Å². The summed E-state index contributed by atoms with van der Waals surface area (Å²) in [6.07, 6.45) is 2.88. The van der Waals surface area contributed by atoms with Gasteiger partial charge in [0.1, 0.15) is 6.10 Å². The molecule has 8 heteroatoms. The van der Waals surface area contributed by atoms with Crippen LogP contribution in [-0.4, -0.2) is 38.4 Å². The van der Waals surface area contributed by atoms with Crippen molar-refractivity contribution in [1.82, 2.24) is 25.2 Å². The average Bonchev–Trinajstić information content (AvgIpc) is 3.43. The number of hydrogen-bond donors (Lipinski definition) is 1. The van der Waals surface area contributed by atoms with Crippen LogP contribution >= 0.6 is 11.6 Å². The standard InChI is InChI=1S/C19H20ClN5O2/c20-13-5-3-12(4-6-13)18-14-10-25(8-7-15(14)22-23-18)11-17-21-19(27-24-17)16-2-1-9-26-16/h3-6,16H,1-2,7-11H2,(H,22,23). The molecule has 1 N–H and O–H groups in total. The van der Waals surface area contributed by atoms with E-state index >= 15 is 0 Å². The number of H-pyrrole nitrogens is 1. The molecule has 0 radical (unpaired) electrons. The number of ether oxygens (including phenoxy) is 1. The molecule has 4 heterocycles. The molecule has 7 nitrogen and oxygen atoms in total. The fourth-order valence-electron chi connectivity index (χ4n) is 3.77. The first kappa shape index (κ1) is 16.9. The van der Waals surface area contributed by atoms with Gasteiger partial charge in [-0.05, 0) is 25.0 Å². The molecular formula is C19H20ClN5O2. The molecule has 0 bridgehead atoms. The SMILES string of the molecule is Clc1ccc(-c2n[nH]c3c2CN(Cc2noc(C4CCCO4)n2)CC3)cc1. The summed E-state index contributed by atoms with van der Waals surface area (Å²) >= 11 is 6.01. The maximum absolute atomic E-state index is 6.01. The van der Waals surface area contributed by atoms with E-state index < -0.39 is 0 Å². The van der Waals surface area contributed by atoms with Crippen molar-refractivity contribution in [3.05, 3.63) is 52.3 Å². The van der Waals surface area contributed by atoms with E-state index in [1.54, 1.807) is 0 Å². The predicted octanol–water partition coefficient (Wildman–Crippen LogP) is 3.52. The zero-order valence-corrected chi connectivity index (χ0v) is 15.6. The van der Waals surface area contributed by atoms with E-state index in [1.165, 1.54) is 11.3 Å². The molecule has 0 amide bonds. The molecule has 27 heavy (non-hydrogen) atoms. The van der Waals surface area contributed by atoms with Crippen molar-refractivity contribution in [2.45, 2.75) is 38.5 Å². The molecule has 1 aromatic carbocycles. The molecule has 2 aliphatic rings. The largest absolute Gasteiger partial charge is 0.368 e. The topological polar surface area (TPSA) is 80.1 Å². The quantitative estimate of drug-likeness (QED) is 0.740. The number of hydrogen-bond acceptors (Lipinski definition) is 6. The molecule has 3 aromatic rings. The zero-order chi connectivity index (χ0) is 18.2. The summed E-state index contributed by atoms with van der Waals surface area (Å²) in [7, 11) is 0. The first-order valence-corrected chi connectivity index (χ1v) is 9.62. The molecule has 140 valence electrons. The normalized spacial score (nSPS) is 20.1. The van der Waals surface area contributed by atoms with Crippen molar-refractivity contribution < 1.29 is 9.26 Å². The van der Waals surface area contributed by atoms with Gasteiger partial charge in [0.25, 0.3) is 5.89 Å². The van der Waals surface area contributed by atoms with Crippen molar-refractivity contribution in [2.24, 2.45) is 0 Å². The highest BCUT2D eigenvalue weighted by Gasteiger charge is 2.26. The molecule has 0 saturated carbocycles. The van der Waals surface area contributed by atoms with Crippen LogP contribution in [0.2, 0.25) is 5.02 Å². The molecule has 0 aliphatic carbocycles. The second-order valence-electron chi connectivity index (χ2n) is 7.05. The number of fused-ring (bicyclic) bond motifs is 1. The van der Waals surface area contributed by atoms with Crippen LogP contribution < -0.4 is 0 Å². The van der Waals surface area contributed by atoms with E-state index in [2.05, 4.69) is 25.2 Å². The second-order valence-corrected chi connectivity index (χ2v) is 7.48. The molecule has 0 spiro atoms. The second kappa shape index (κ2) is 7.07. The molecule has 1 fully saturated rings. The van der Waals surface area contributed by atoms with E-state index in [1.807, 2.05) is 24.3 Å². The van der Waals surface area contributed by atoms with Gasteiger partial charge in [-0.15, -0.1) is 0 Å². The number of aromatic amines is 1. The third-order valence-electron chi connectivity index (χ3n) is 5.18. The van der Waals surface area contributed by atoms with Crippen LogP contribution in [0.15, 0.2) is 28.8 Å². The summed E-state index contributed by atoms with van der Waals surface area (Å²) in [5.41, 5.74) is 4.48. The molecule has 5 rings (SSSR count). The van der Waals surface area contributed by atoms with Crippen LogP contribution in [0.1, 0.15) is 41.9 Å². The van der Waals surface area contributed by atoms with E-state index in [4.69, 9.17) is 20.9 Å². The smallest absolute Gasteiger partial charge is 0.255 e. The average molecular weight is 386 g/mol. The van der Waals surface area contributed by atoms with E-state index in [9.17, 15) is 0 Å². The number of benzene rings is 1. The maximum atomic E-state index is 6.01. The number of halogens is 1. The fourth-order valence-corrected chi connectivity index (χ4v) is 3.89. The van der Waals surface area contributed by atoms with Gasteiger partial charge in [0, 0.05) is 48.0 Å². The molecule has 1 saturated heterocycles. The Hall–Kier alpha value is -2.22. The highest BCUT2D eigenvalue weighted by atomic mass is 35.5. The molecule has 2 aromatic heterocycles. The lowest BCUT2D eigenvalue weighted by atomic mass is 10.0. The predicted molar refractivity (Wildman–Crippen MR) is 99.1 cm³/mol. The Morgan fingerprint density at radius 1 is 1.26 bits per heavy atom. The van der Waals surface area contributed by atoms with Gasteiger partial charge in [0.05, 0.1) is 12.2 Å². The van der Waals surface area contributed by atoms with Gasteiger partial charge in [-0.2, -0.15) is 10.1 Å². The summed E-state index contributed by atoms with van der Waals surface area (Å²) in [4.78, 5) is 6.86. The summed E-state index contributed by atoms with van der Waals surface area (Å²) in [6.45, 7) is 3.15. The fraction of sp³-hybridized carbons (Fsp3) is 0.421. The summed E-state index contributed by atoms with van der Waals surface area (Å²) in [5.74, 6) is 1.31. The number of aromatic nitrogens is 4. The van der Waals surface area contributed by atoms with Crippen LogP contribution in [0.3, 0.4) is 0 Å². The Morgan fingerprint density at radius 3 is 2.96 bits per heavy atom. The first-order valence-electron chi connectivity index (χ1n) is 9.25. The Balaban J connectivity index is 1.32. The lowest BCUT2D eigenvalue weighted by molar-refractivity contribution is 0.0835. The Kier molecular flexibility index (Phi) is 4.43. The highest BCUT2D eigenvalue weighted by Crippen LogP contribution is 2.30. The van der Waals surface area contributed by atoms with E-state index in [-0.39, 0.29) is 6.10 Å². The summed E-state index contributed by atoms with van der Waals surface area (Å²) < 4.78 is 11.0. The van der Waals surface area contributed by atoms with Gasteiger partial charge in [-0.3, -0.25) is 10.00 Å². The summed E-state index contributed by atoms with van der Waals surface area (Å²) in [6, 6.07) is 7.80. The van der Waals surface area contributed by atoms with Crippen molar-refractivity contribution in [3.63, 3.8) is 0 Å². The van der Waals surface area contributed by atoms with Gasteiger partial charge in [-0.1, -0.05) is 28.9 Å². The molecule has 1 unspecified atom stereocenters. The Labute approximate surface area is 161 Å². The van der Waals surface area contributed by atoms with Crippen molar-refractivity contribution >= 4 is 11.6 Å². The minimum atomic E-state index is -0.0374. The van der Waals surface area contributed by atoms with E-state index in [0.717, 1.165) is 55.2 Å². The third kappa shape index (κ3) is 3.38. The van der Waals surface area contributed by atoms with Crippen LogP contribution in [0, 0.1) is 0 Å². The van der Waals surface area contributed by atoms with Crippen molar-refractivity contribution in [1.29, 1.82) is 0 Å². The molecular weight excluding hydrogens is 366 g/mol. The highest BCUT2D eigenvalue weighted by molar-refractivity contribution is 6.30. The monoisotopic (exact) mass is 385 g/mol. The maximum Gasteiger partial charge on any atom is 0.255 e. The van der Waals surface area contributed by atoms with Gasteiger partial charge < -0.3 is 9.26 Å². The minimum Gasteiger partial charge on any atom is -0.368 e. The van der Waals surface area contributed by atoms with Gasteiger partial charge >= 0.3 is 0 Å². The van der Waals surface area contributed by atoms with Crippen LogP contribution in [-0.2, 0) is 24.2 Å².